The lowest BCUT2D eigenvalue weighted by Gasteiger charge is -2.37. The minimum atomic E-state index is -0.346. The molecule has 3 amide bonds. The second-order valence-corrected chi connectivity index (χ2v) is 7.93. The first-order valence-corrected chi connectivity index (χ1v) is 10.6. The summed E-state index contributed by atoms with van der Waals surface area (Å²) < 4.78 is 19.0. The molecule has 7 heteroatoms. The van der Waals surface area contributed by atoms with Gasteiger partial charge >= 0.3 is 6.03 Å². The first-order valence-electron chi connectivity index (χ1n) is 10.6. The largest absolute Gasteiger partial charge is 0.467 e. The SMILES string of the molecule is CCCCNC(=O)N1C[C@H](C(=O)NCc2ccco2)C[C@H](c2ccc(F)c(C)c2)C1. The number of piperidine rings is 1. The maximum absolute atomic E-state index is 13.7. The van der Waals surface area contributed by atoms with Gasteiger partial charge in [-0.3, -0.25) is 4.79 Å². The molecule has 2 N–H and O–H groups in total. The molecule has 30 heavy (non-hydrogen) atoms. The summed E-state index contributed by atoms with van der Waals surface area (Å²) in [6, 6.07) is 8.45. The molecule has 2 heterocycles. The van der Waals surface area contributed by atoms with Crippen molar-refractivity contribution in [3.8, 4) is 0 Å². The third-order valence-corrected chi connectivity index (χ3v) is 5.59. The van der Waals surface area contributed by atoms with Gasteiger partial charge in [0.05, 0.1) is 18.7 Å². The van der Waals surface area contributed by atoms with Crippen LogP contribution in [0.2, 0.25) is 0 Å². The monoisotopic (exact) mass is 415 g/mol. The molecular formula is C23H30FN3O3. The average molecular weight is 416 g/mol. The number of unbranched alkanes of at least 4 members (excludes halogenated alkanes) is 1. The van der Waals surface area contributed by atoms with Crippen molar-refractivity contribution in [3.63, 3.8) is 0 Å². The molecule has 0 bridgehead atoms. The zero-order chi connectivity index (χ0) is 21.5. The molecule has 3 rings (SSSR count). The third kappa shape index (κ3) is 5.62. The van der Waals surface area contributed by atoms with Gasteiger partial charge in [0.25, 0.3) is 0 Å². The summed E-state index contributed by atoms with van der Waals surface area (Å²) in [5.74, 6) is -0.0628. The second kappa shape index (κ2) is 10.3. The fraction of sp³-hybridized carbons (Fsp3) is 0.478. The van der Waals surface area contributed by atoms with Gasteiger partial charge in [0.2, 0.25) is 5.91 Å². The number of benzene rings is 1. The van der Waals surface area contributed by atoms with Gasteiger partial charge in [-0.1, -0.05) is 25.5 Å². The molecule has 0 spiro atoms. The van der Waals surface area contributed by atoms with Crippen LogP contribution in [0.25, 0.3) is 0 Å². The number of amides is 3. The van der Waals surface area contributed by atoms with Crippen molar-refractivity contribution in [2.24, 2.45) is 5.92 Å². The third-order valence-electron chi connectivity index (χ3n) is 5.59. The highest BCUT2D eigenvalue weighted by Gasteiger charge is 2.34. The molecule has 0 radical (unpaired) electrons. The Balaban J connectivity index is 1.72. The maximum atomic E-state index is 13.7. The van der Waals surface area contributed by atoms with E-state index in [-0.39, 0.29) is 29.6 Å². The lowest BCUT2D eigenvalue weighted by Crippen LogP contribution is -2.51. The number of hydrogen-bond donors (Lipinski definition) is 2. The summed E-state index contributed by atoms with van der Waals surface area (Å²) in [5, 5.41) is 5.85. The van der Waals surface area contributed by atoms with Crippen LogP contribution >= 0.6 is 0 Å². The summed E-state index contributed by atoms with van der Waals surface area (Å²) in [4.78, 5) is 27.2. The lowest BCUT2D eigenvalue weighted by atomic mass is 9.83. The smallest absolute Gasteiger partial charge is 0.317 e. The van der Waals surface area contributed by atoms with E-state index in [1.54, 1.807) is 36.3 Å². The van der Waals surface area contributed by atoms with Gasteiger partial charge in [-0.05, 0) is 49.1 Å². The highest BCUT2D eigenvalue weighted by molar-refractivity contribution is 5.81. The number of likely N-dealkylation sites (tertiary alicyclic amines) is 1. The van der Waals surface area contributed by atoms with E-state index >= 15 is 0 Å². The summed E-state index contributed by atoms with van der Waals surface area (Å²) in [6.45, 7) is 5.58. The first-order chi connectivity index (χ1) is 14.5. The van der Waals surface area contributed by atoms with E-state index in [0.29, 0.717) is 43.9 Å². The molecule has 1 aliphatic heterocycles. The fourth-order valence-corrected chi connectivity index (χ4v) is 3.83. The Morgan fingerprint density at radius 2 is 2.07 bits per heavy atom. The van der Waals surface area contributed by atoms with E-state index in [2.05, 4.69) is 17.6 Å². The number of furan rings is 1. The fourth-order valence-electron chi connectivity index (χ4n) is 3.83. The molecule has 1 saturated heterocycles. The number of nitrogens with zero attached hydrogens (tertiary/aromatic N) is 1. The molecule has 2 atom stereocenters. The Bertz CT molecular complexity index is 853. The van der Waals surface area contributed by atoms with Crippen LogP contribution in [0, 0.1) is 18.7 Å². The number of carbonyl (C=O) groups excluding carboxylic acids is 2. The van der Waals surface area contributed by atoms with Crippen molar-refractivity contribution in [2.45, 2.75) is 45.6 Å². The molecular weight excluding hydrogens is 385 g/mol. The summed E-state index contributed by atoms with van der Waals surface area (Å²) in [5.41, 5.74) is 1.51. The summed E-state index contributed by atoms with van der Waals surface area (Å²) >= 11 is 0. The minimum absolute atomic E-state index is 0.0330. The summed E-state index contributed by atoms with van der Waals surface area (Å²) in [7, 11) is 0. The molecule has 162 valence electrons. The van der Waals surface area contributed by atoms with E-state index in [1.807, 2.05) is 6.07 Å². The van der Waals surface area contributed by atoms with Crippen molar-refractivity contribution < 1.29 is 18.4 Å². The Labute approximate surface area is 176 Å². The molecule has 0 aliphatic carbocycles. The quantitative estimate of drug-likeness (QED) is 0.672. The van der Waals surface area contributed by atoms with Gasteiger partial charge in [-0.15, -0.1) is 0 Å². The van der Waals surface area contributed by atoms with Gasteiger partial charge in [-0.2, -0.15) is 0 Å². The van der Waals surface area contributed by atoms with Crippen LogP contribution in [-0.2, 0) is 11.3 Å². The Morgan fingerprint density at radius 3 is 2.77 bits per heavy atom. The molecule has 0 saturated carbocycles. The van der Waals surface area contributed by atoms with Crippen molar-refractivity contribution in [3.05, 3.63) is 59.3 Å². The van der Waals surface area contributed by atoms with Crippen molar-refractivity contribution in [1.29, 1.82) is 0 Å². The lowest BCUT2D eigenvalue weighted by molar-refractivity contribution is -0.126. The van der Waals surface area contributed by atoms with Crippen LogP contribution in [0.4, 0.5) is 9.18 Å². The predicted octanol–water partition coefficient (Wildman–Crippen LogP) is 3.96. The topological polar surface area (TPSA) is 74.6 Å². The van der Waals surface area contributed by atoms with Gasteiger partial charge in [0.15, 0.2) is 0 Å². The molecule has 1 aromatic heterocycles. The Morgan fingerprint density at radius 1 is 1.23 bits per heavy atom. The first kappa shape index (κ1) is 21.9. The Kier molecular flexibility index (Phi) is 7.49. The van der Waals surface area contributed by atoms with E-state index in [0.717, 1.165) is 18.4 Å². The summed E-state index contributed by atoms with van der Waals surface area (Å²) in [6.07, 6.45) is 4.08. The molecule has 2 aromatic rings. The van der Waals surface area contributed by atoms with Gasteiger partial charge < -0.3 is 20.0 Å². The van der Waals surface area contributed by atoms with Crippen LogP contribution in [0.3, 0.4) is 0 Å². The minimum Gasteiger partial charge on any atom is -0.467 e. The van der Waals surface area contributed by atoms with E-state index in [4.69, 9.17) is 4.42 Å². The van der Waals surface area contributed by atoms with Gasteiger partial charge in [-0.25, -0.2) is 9.18 Å². The van der Waals surface area contributed by atoms with Crippen LogP contribution in [-0.4, -0.2) is 36.5 Å². The second-order valence-electron chi connectivity index (χ2n) is 7.93. The molecule has 6 nitrogen and oxygen atoms in total. The van der Waals surface area contributed by atoms with Gasteiger partial charge in [0.1, 0.15) is 11.6 Å². The molecule has 1 fully saturated rings. The molecule has 0 unspecified atom stereocenters. The van der Waals surface area contributed by atoms with Gasteiger partial charge in [0, 0.05) is 25.6 Å². The Hall–Kier alpha value is -2.83. The maximum Gasteiger partial charge on any atom is 0.317 e. The zero-order valence-electron chi connectivity index (χ0n) is 17.6. The average Bonchev–Trinajstić information content (AvgIpc) is 3.27. The van der Waals surface area contributed by atoms with E-state index < -0.39 is 0 Å². The van der Waals surface area contributed by atoms with Crippen molar-refractivity contribution in [2.75, 3.05) is 19.6 Å². The number of urea groups is 1. The standard InChI is InChI=1S/C23H30FN3O3/c1-3-4-9-25-23(29)27-14-18(17-7-8-21(24)16(2)11-17)12-19(15-27)22(28)26-13-20-6-5-10-30-20/h5-8,10-11,18-19H,3-4,9,12-15H2,1-2H3,(H,25,29)(H,26,28)/t18-,19+/m0/s1. The van der Waals surface area contributed by atoms with E-state index in [1.165, 1.54) is 6.07 Å². The molecule has 1 aliphatic rings. The number of nitrogens with one attached hydrogen (secondary N) is 2. The predicted molar refractivity (Wildman–Crippen MR) is 112 cm³/mol. The number of carbonyl (C=O) groups is 2. The van der Waals surface area contributed by atoms with Crippen LogP contribution in [0.15, 0.2) is 41.0 Å². The van der Waals surface area contributed by atoms with Crippen LogP contribution < -0.4 is 10.6 Å². The van der Waals surface area contributed by atoms with Crippen LogP contribution in [0.5, 0.6) is 0 Å². The van der Waals surface area contributed by atoms with Crippen LogP contribution in [0.1, 0.15) is 49.0 Å². The number of rotatable bonds is 7. The zero-order valence-corrected chi connectivity index (χ0v) is 17.6. The number of halogens is 1. The normalized spacial score (nSPS) is 18.8. The number of aryl methyl sites for hydroxylation is 1. The highest BCUT2D eigenvalue weighted by atomic mass is 19.1. The van der Waals surface area contributed by atoms with Crippen molar-refractivity contribution in [1.82, 2.24) is 15.5 Å². The van der Waals surface area contributed by atoms with E-state index in [9.17, 15) is 14.0 Å². The number of hydrogen-bond acceptors (Lipinski definition) is 3. The van der Waals surface area contributed by atoms with Crippen molar-refractivity contribution >= 4 is 11.9 Å². The highest BCUT2D eigenvalue weighted by Crippen LogP contribution is 2.31. The molecule has 1 aromatic carbocycles.